The second kappa shape index (κ2) is 3.90. The Bertz CT molecular complexity index is 375. The Labute approximate surface area is 87.4 Å². The maximum absolute atomic E-state index is 11.1. The molecule has 1 aliphatic heterocycles. The lowest BCUT2D eigenvalue weighted by molar-refractivity contribution is -0.142. The van der Waals surface area contributed by atoms with Crippen molar-refractivity contribution in [2.45, 2.75) is 18.6 Å². The van der Waals surface area contributed by atoms with Gasteiger partial charge in [0.1, 0.15) is 5.75 Å². The molecule has 1 N–H and O–H groups in total. The molecule has 4 heteroatoms. The van der Waals surface area contributed by atoms with Gasteiger partial charge in [-0.15, -0.1) is 0 Å². The molecule has 0 bridgehead atoms. The van der Waals surface area contributed by atoms with Gasteiger partial charge in [-0.25, -0.2) is 0 Å². The van der Waals surface area contributed by atoms with Gasteiger partial charge in [0.25, 0.3) is 0 Å². The quantitative estimate of drug-likeness (QED) is 0.738. The monoisotopic (exact) mass is 208 g/mol. The van der Waals surface area contributed by atoms with E-state index in [4.69, 9.17) is 4.74 Å². The van der Waals surface area contributed by atoms with Gasteiger partial charge in [-0.1, -0.05) is 18.2 Å². The molecule has 80 valence electrons. The van der Waals surface area contributed by atoms with Crippen molar-refractivity contribution in [2.75, 3.05) is 7.11 Å². The summed E-state index contributed by atoms with van der Waals surface area (Å²) < 4.78 is 9.78. The van der Waals surface area contributed by atoms with Crippen molar-refractivity contribution in [3.63, 3.8) is 0 Å². The number of hydrogen-bond acceptors (Lipinski definition) is 4. The van der Waals surface area contributed by atoms with Gasteiger partial charge in [0.15, 0.2) is 0 Å². The topological polar surface area (TPSA) is 55.8 Å². The maximum Gasteiger partial charge on any atom is 0.306 e. The number of rotatable bonds is 2. The van der Waals surface area contributed by atoms with Gasteiger partial charge in [-0.3, -0.25) is 4.79 Å². The zero-order valence-corrected chi connectivity index (χ0v) is 8.34. The number of esters is 1. The Hall–Kier alpha value is -1.55. The summed E-state index contributed by atoms with van der Waals surface area (Å²) in [5.41, 5.74) is 0.857. The number of para-hydroxylation sites is 1. The van der Waals surface area contributed by atoms with Crippen LogP contribution in [0.4, 0.5) is 0 Å². The van der Waals surface area contributed by atoms with Crippen molar-refractivity contribution in [1.29, 1.82) is 0 Å². The number of carbonyl (C=O) groups excluding carboxylic acids is 1. The first-order chi connectivity index (χ1) is 7.22. The number of methoxy groups -OCH3 is 1. The Morgan fingerprint density at radius 3 is 3.00 bits per heavy atom. The fraction of sp³-hybridized carbons (Fsp3) is 0.364. The van der Waals surface area contributed by atoms with Crippen molar-refractivity contribution in [3.05, 3.63) is 29.8 Å². The highest BCUT2D eigenvalue weighted by molar-refractivity contribution is 5.71. The van der Waals surface area contributed by atoms with Crippen LogP contribution in [0.3, 0.4) is 0 Å². The lowest BCUT2D eigenvalue weighted by atomic mass is 9.97. The van der Waals surface area contributed by atoms with Crippen LogP contribution in [0.1, 0.15) is 17.9 Å². The van der Waals surface area contributed by atoms with Gasteiger partial charge < -0.3 is 14.6 Å². The SMILES string of the molecule is COC(=O)C[C@H]1c2ccccc2O[C@@H]1O. The van der Waals surface area contributed by atoms with E-state index < -0.39 is 6.29 Å². The summed E-state index contributed by atoms with van der Waals surface area (Å²) >= 11 is 0. The molecule has 0 fully saturated rings. The van der Waals surface area contributed by atoms with E-state index in [1.807, 2.05) is 18.2 Å². The number of fused-ring (bicyclic) bond motifs is 1. The van der Waals surface area contributed by atoms with Crippen LogP contribution in [0.15, 0.2) is 24.3 Å². The Balaban J connectivity index is 2.22. The molecule has 15 heavy (non-hydrogen) atoms. The van der Waals surface area contributed by atoms with Crippen LogP contribution in [-0.4, -0.2) is 24.5 Å². The molecule has 0 saturated carbocycles. The second-order valence-electron chi connectivity index (χ2n) is 3.43. The minimum absolute atomic E-state index is 0.134. The highest BCUT2D eigenvalue weighted by Gasteiger charge is 2.34. The van der Waals surface area contributed by atoms with E-state index in [1.165, 1.54) is 7.11 Å². The predicted molar refractivity (Wildman–Crippen MR) is 52.5 cm³/mol. The molecule has 0 aromatic heterocycles. The molecule has 0 aliphatic carbocycles. The van der Waals surface area contributed by atoms with Crippen molar-refractivity contribution in [3.8, 4) is 5.75 Å². The van der Waals surface area contributed by atoms with E-state index in [9.17, 15) is 9.90 Å². The summed E-state index contributed by atoms with van der Waals surface area (Å²) in [5.74, 6) is -0.0353. The molecule has 0 amide bonds. The van der Waals surface area contributed by atoms with E-state index >= 15 is 0 Å². The van der Waals surface area contributed by atoms with Crippen molar-refractivity contribution >= 4 is 5.97 Å². The Kier molecular flexibility index (Phi) is 2.60. The van der Waals surface area contributed by atoms with E-state index in [0.717, 1.165) is 5.56 Å². The largest absolute Gasteiger partial charge is 0.469 e. The standard InChI is InChI=1S/C11H12O4/c1-14-10(12)6-8-7-4-2-3-5-9(7)15-11(8)13/h2-5,8,11,13H,6H2,1H3/t8-,11-/m0/s1. The summed E-state index contributed by atoms with van der Waals surface area (Å²) in [4.78, 5) is 11.1. The molecule has 1 heterocycles. The molecule has 1 aromatic rings. The van der Waals surface area contributed by atoms with Crippen LogP contribution in [-0.2, 0) is 9.53 Å². The minimum Gasteiger partial charge on any atom is -0.469 e. The van der Waals surface area contributed by atoms with E-state index in [2.05, 4.69) is 4.74 Å². The lowest BCUT2D eigenvalue weighted by Gasteiger charge is -2.11. The summed E-state index contributed by atoms with van der Waals surface area (Å²) in [6, 6.07) is 7.30. The van der Waals surface area contributed by atoms with Crippen LogP contribution in [0, 0.1) is 0 Å². The summed E-state index contributed by atoms with van der Waals surface area (Å²) in [5, 5.41) is 9.62. The molecular weight excluding hydrogens is 196 g/mol. The van der Waals surface area contributed by atoms with Gasteiger partial charge in [0, 0.05) is 5.56 Å². The Morgan fingerprint density at radius 2 is 2.27 bits per heavy atom. The van der Waals surface area contributed by atoms with E-state index in [-0.39, 0.29) is 18.3 Å². The van der Waals surface area contributed by atoms with Crippen LogP contribution >= 0.6 is 0 Å². The highest BCUT2D eigenvalue weighted by atomic mass is 16.6. The van der Waals surface area contributed by atoms with Crippen LogP contribution in [0.2, 0.25) is 0 Å². The van der Waals surface area contributed by atoms with Crippen molar-refractivity contribution in [2.24, 2.45) is 0 Å². The van der Waals surface area contributed by atoms with Crippen LogP contribution < -0.4 is 4.74 Å². The van der Waals surface area contributed by atoms with Crippen molar-refractivity contribution in [1.82, 2.24) is 0 Å². The molecule has 4 nitrogen and oxygen atoms in total. The van der Waals surface area contributed by atoms with Gasteiger partial charge in [0.2, 0.25) is 6.29 Å². The molecule has 0 radical (unpaired) electrons. The summed E-state index contributed by atoms with van der Waals surface area (Å²) in [6.07, 6.45) is -0.823. The zero-order valence-electron chi connectivity index (χ0n) is 8.34. The third-order valence-corrected chi connectivity index (χ3v) is 2.52. The molecule has 0 spiro atoms. The van der Waals surface area contributed by atoms with Gasteiger partial charge in [-0.2, -0.15) is 0 Å². The van der Waals surface area contributed by atoms with Crippen LogP contribution in [0.5, 0.6) is 5.75 Å². The smallest absolute Gasteiger partial charge is 0.306 e. The average Bonchev–Trinajstić information content (AvgIpc) is 2.55. The lowest BCUT2D eigenvalue weighted by Crippen LogP contribution is -2.20. The van der Waals surface area contributed by atoms with Crippen molar-refractivity contribution < 1.29 is 19.4 Å². The molecule has 2 atom stereocenters. The van der Waals surface area contributed by atoms with E-state index in [0.29, 0.717) is 5.75 Å². The highest BCUT2D eigenvalue weighted by Crippen LogP contribution is 2.38. The number of benzene rings is 1. The third-order valence-electron chi connectivity index (χ3n) is 2.52. The number of aliphatic hydroxyl groups is 1. The van der Waals surface area contributed by atoms with Gasteiger partial charge >= 0.3 is 5.97 Å². The summed E-state index contributed by atoms with van der Waals surface area (Å²) in [7, 11) is 1.33. The zero-order chi connectivity index (χ0) is 10.8. The third kappa shape index (κ3) is 1.80. The molecule has 2 rings (SSSR count). The minimum atomic E-state index is -0.957. The molecule has 1 aromatic carbocycles. The second-order valence-corrected chi connectivity index (χ2v) is 3.43. The fourth-order valence-electron chi connectivity index (χ4n) is 1.73. The van der Waals surface area contributed by atoms with E-state index in [1.54, 1.807) is 6.07 Å². The first kappa shape index (κ1) is 9.98. The maximum atomic E-state index is 11.1. The fourth-order valence-corrected chi connectivity index (χ4v) is 1.73. The number of carbonyl (C=O) groups is 1. The number of hydrogen-bond donors (Lipinski definition) is 1. The molecular formula is C11H12O4. The first-order valence-electron chi connectivity index (χ1n) is 4.73. The first-order valence-corrected chi connectivity index (χ1v) is 4.73. The predicted octanol–water partition coefficient (Wildman–Crippen LogP) is 1.04. The Morgan fingerprint density at radius 1 is 1.53 bits per heavy atom. The van der Waals surface area contributed by atoms with Crippen LogP contribution in [0.25, 0.3) is 0 Å². The summed E-state index contributed by atoms with van der Waals surface area (Å²) in [6.45, 7) is 0. The molecule has 0 unspecified atom stereocenters. The average molecular weight is 208 g/mol. The molecule has 1 aliphatic rings. The number of ether oxygens (including phenoxy) is 2. The van der Waals surface area contributed by atoms with Gasteiger partial charge in [0.05, 0.1) is 19.4 Å². The molecule has 0 saturated heterocycles. The normalized spacial score (nSPS) is 23.1. The van der Waals surface area contributed by atoms with Gasteiger partial charge in [-0.05, 0) is 6.07 Å². The number of aliphatic hydroxyl groups excluding tert-OH is 1.